The third kappa shape index (κ3) is 3.20. The van der Waals surface area contributed by atoms with Gasteiger partial charge in [-0.1, -0.05) is 23.8 Å². The average molecular weight is 366 g/mol. The van der Waals surface area contributed by atoms with E-state index < -0.39 is 21.4 Å². The second-order valence-corrected chi connectivity index (χ2v) is 9.71. The molecule has 2 saturated heterocycles. The van der Waals surface area contributed by atoms with Crippen LogP contribution >= 0.6 is 0 Å². The van der Waals surface area contributed by atoms with Gasteiger partial charge in [0, 0.05) is 38.6 Å². The topological polar surface area (TPSA) is 77.9 Å². The van der Waals surface area contributed by atoms with E-state index in [1.165, 1.54) is 21.0 Å². The zero-order chi connectivity index (χ0) is 18.4. The number of fused-ring (bicyclic) bond motifs is 1. The zero-order valence-electron chi connectivity index (χ0n) is 15.0. The van der Waals surface area contributed by atoms with Crippen molar-refractivity contribution in [3.05, 3.63) is 34.9 Å². The molecule has 2 aliphatic heterocycles. The van der Waals surface area contributed by atoms with E-state index in [0.717, 1.165) is 0 Å². The summed E-state index contributed by atoms with van der Waals surface area (Å²) in [5, 5.41) is 9.86. The molecule has 2 atom stereocenters. The number of aryl methyl sites for hydroxylation is 2. The molecule has 138 valence electrons. The van der Waals surface area contributed by atoms with Crippen LogP contribution in [0.15, 0.2) is 18.2 Å². The molecule has 0 unspecified atom stereocenters. The monoisotopic (exact) mass is 366 g/mol. The van der Waals surface area contributed by atoms with Gasteiger partial charge in [0.2, 0.25) is 10.0 Å². The molecule has 6 nitrogen and oxygen atoms in total. The molecule has 0 aliphatic carbocycles. The standard InChI is InChI=1S/C18H26N2O4S/c1-4-25(23,24)20-10-16-9-19(11-18(16,12-20)17(21)22)8-15-6-5-13(2)7-14(15)3/h5-7,16H,4,8-12H2,1-3H3,(H,21,22)/t16-,18-/m1/s1. The van der Waals surface area contributed by atoms with Crippen molar-refractivity contribution in [1.29, 1.82) is 0 Å². The Hall–Kier alpha value is -1.44. The summed E-state index contributed by atoms with van der Waals surface area (Å²) in [6.45, 7) is 7.85. The van der Waals surface area contributed by atoms with Crippen molar-refractivity contribution in [3.63, 3.8) is 0 Å². The summed E-state index contributed by atoms with van der Waals surface area (Å²) in [6.07, 6.45) is 0. The molecule has 7 heteroatoms. The van der Waals surface area contributed by atoms with E-state index in [9.17, 15) is 18.3 Å². The Morgan fingerprint density at radius 2 is 2.00 bits per heavy atom. The molecule has 2 heterocycles. The van der Waals surface area contributed by atoms with E-state index >= 15 is 0 Å². The van der Waals surface area contributed by atoms with Crippen LogP contribution in [-0.4, -0.2) is 60.6 Å². The Morgan fingerprint density at radius 1 is 1.28 bits per heavy atom. The van der Waals surface area contributed by atoms with Crippen molar-refractivity contribution in [2.75, 3.05) is 31.9 Å². The highest BCUT2D eigenvalue weighted by molar-refractivity contribution is 7.89. The Morgan fingerprint density at radius 3 is 2.56 bits per heavy atom. The van der Waals surface area contributed by atoms with Crippen molar-refractivity contribution >= 4 is 16.0 Å². The van der Waals surface area contributed by atoms with Gasteiger partial charge in [0.15, 0.2) is 0 Å². The van der Waals surface area contributed by atoms with E-state index in [4.69, 9.17) is 0 Å². The van der Waals surface area contributed by atoms with Crippen LogP contribution in [0.5, 0.6) is 0 Å². The lowest BCUT2D eigenvalue weighted by atomic mass is 9.81. The summed E-state index contributed by atoms with van der Waals surface area (Å²) in [5.41, 5.74) is 2.63. The average Bonchev–Trinajstić information content (AvgIpc) is 3.05. The number of carboxylic acid groups (broad SMARTS) is 1. The minimum Gasteiger partial charge on any atom is -0.481 e. The second-order valence-electron chi connectivity index (χ2n) is 7.45. The van der Waals surface area contributed by atoms with Crippen molar-refractivity contribution in [3.8, 4) is 0 Å². The molecule has 0 bridgehead atoms. The third-order valence-electron chi connectivity index (χ3n) is 5.72. The van der Waals surface area contributed by atoms with Gasteiger partial charge >= 0.3 is 5.97 Å². The molecule has 1 N–H and O–H groups in total. The highest BCUT2D eigenvalue weighted by atomic mass is 32.2. The third-order valence-corrected chi connectivity index (χ3v) is 7.52. The Bertz CT molecular complexity index is 792. The fourth-order valence-corrected chi connectivity index (χ4v) is 5.40. The number of carboxylic acids is 1. The van der Waals surface area contributed by atoms with Crippen LogP contribution in [0.1, 0.15) is 23.6 Å². The fourth-order valence-electron chi connectivity index (χ4n) is 4.20. The molecule has 0 spiro atoms. The normalized spacial score (nSPS) is 27.6. The Balaban J connectivity index is 1.79. The Labute approximate surface area is 149 Å². The van der Waals surface area contributed by atoms with Crippen molar-refractivity contribution in [2.45, 2.75) is 27.3 Å². The van der Waals surface area contributed by atoms with Gasteiger partial charge in [-0.05, 0) is 31.9 Å². The first-order valence-corrected chi connectivity index (χ1v) is 10.3. The van der Waals surface area contributed by atoms with Crippen LogP contribution in [0.25, 0.3) is 0 Å². The molecule has 1 aromatic carbocycles. The lowest BCUT2D eigenvalue weighted by molar-refractivity contribution is -0.148. The van der Waals surface area contributed by atoms with Gasteiger partial charge in [-0.15, -0.1) is 0 Å². The van der Waals surface area contributed by atoms with E-state index in [-0.39, 0.29) is 18.2 Å². The minimum absolute atomic E-state index is 0.0156. The molecule has 25 heavy (non-hydrogen) atoms. The lowest BCUT2D eigenvalue weighted by Crippen LogP contribution is -2.42. The number of aliphatic carboxylic acids is 1. The number of sulfonamides is 1. The first kappa shape index (κ1) is 18.4. The van der Waals surface area contributed by atoms with Gasteiger partial charge in [0.1, 0.15) is 0 Å². The summed E-state index contributed by atoms with van der Waals surface area (Å²) in [7, 11) is -3.35. The largest absolute Gasteiger partial charge is 0.481 e. The van der Waals surface area contributed by atoms with Gasteiger partial charge in [0.25, 0.3) is 0 Å². The number of likely N-dealkylation sites (tertiary alicyclic amines) is 1. The predicted molar refractivity (Wildman–Crippen MR) is 95.8 cm³/mol. The molecular formula is C18H26N2O4S. The van der Waals surface area contributed by atoms with Crippen LogP contribution in [-0.2, 0) is 21.4 Å². The van der Waals surface area contributed by atoms with Gasteiger partial charge in [-0.25, -0.2) is 12.7 Å². The molecule has 2 fully saturated rings. The van der Waals surface area contributed by atoms with E-state index in [1.54, 1.807) is 6.92 Å². The summed E-state index contributed by atoms with van der Waals surface area (Å²) in [6, 6.07) is 6.30. The molecule has 1 aromatic rings. The SMILES string of the molecule is CCS(=O)(=O)N1C[C@H]2CN(Cc3ccc(C)cc3C)C[C@@]2(C(=O)O)C1. The van der Waals surface area contributed by atoms with Crippen LogP contribution in [0.2, 0.25) is 0 Å². The van der Waals surface area contributed by atoms with Crippen LogP contribution in [0.3, 0.4) is 0 Å². The summed E-state index contributed by atoms with van der Waals surface area (Å²) >= 11 is 0. The molecule has 2 aliphatic rings. The van der Waals surface area contributed by atoms with Crippen LogP contribution < -0.4 is 0 Å². The van der Waals surface area contributed by atoms with Crippen molar-refractivity contribution in [1.82, 2.24) is 9.21 Å². The lowest BCUT2D eigenvalue weighted by Gasteiger charge is -2.25. The maximum atomic E-state index is 12.2. The molecule has 3 rings (SSSR count). The minimum atomic E-state index is -3.35. The molecule has 0 aromatic heterocycles. The molecule has 0 amide bonds. The highest BCUT2D eigenvalue weighted by Crippen LogP contribution is 2.44. The number of hydrogen-bond donors (Lipinski definition) is 1. The number of hydrogen-bond acceptors (Lipinski definition) is 4. The smallest absolute Gasteiger partial charge is 0.312 e. The predicted octanol–water partition coefficient (Wildman–Crippen LogP) is 1.47. The maximum absolute atomic E-state index is 12.2. The van der Waals surface area contributed by atoms with Crippen molar-refractivity contribution in [2.24, 2.45) is 11.3 Å². The summed E-state index contributed by atoms with van der Waals surface area (Å²) in [5.74, 6) is -1.02. The number of rotatable bonds is 5. The molecule has 0 radical (unpaired) electrons. The highest BCUT2D eigenvalue weighted by Gasteiger charge is 2.59. The van der Waals surface area contributed by atoms with Crippen molar-refractivity contribution < 1.29 is 18.3 Å². The van der Waals surface area contributed by atoms with E-state index in [0.29, 0.717) is 26.2 Å². The number of benzene rings is 1. The maximum Gasteiger partial charge on any atom is 0.312 e. The number of carbonyl (C=O) groups is 1. The van der Waals surface area contributed by atoms with Crippen LogP contribution in [0.4, 0.5) is 0 Å². The summed E-state index contributed by atoms with van der Waals surface area (Å²) in [4.78, 5) is 14.2. The van der Waals surface area contributed by atoms with E-state index in [2.05, 4.69) is 36.9 Å². The van der Waals surface area contributed by atoms with Gasteiger partial charge < -0.3 is 5.11 Å². The molecule has 0 saturated carbocycles. The van der Waals surface area contributed by atoms with E-state index in [1.807, 2.05) is 0 Å². The fraction of sp³-hybridized carbons (Fsp3) is 0.611. The first-order chi connectivity index (χ1) is 11.7. The van der Waals surface area contributed by atoms with Gasteiger partial charge in [0.05, 0.1) is 11.2 Å². The van der Waals surface area contributed by atoms with Gasteiger partial charge in [-0.3, -0.25) is 9.69 Å². The van der Waals surface area contributed by atoms with Crippen LogP contribution in [0, 0.1) is 25.2 Å². The number of nitrogens with zero attached hydrogens (tertiary/aromatic N) is 2. The quantitative estimate of drug-likeness (QED) is 0.854. The van der Waals surface area contributed by atoms with Gasteiger partial charge in [-0.2, -0.15) is 0 Å². The second kappa shape index (κ2) is 6.37. The first-order valence-electron chi connectivity index (χ1n) is 8.67. The Kier molecular flexibility index (Phi) is 4.68. The zero-order valence-corrected chi connectivity index (χ0v) is 15.8. The molecular weight excluding hydrogens is 340 g/mol. The summed E-state index contributed by atoms with van der Waals surface area (Å²) < 4.78 is 25.7.